The van der Waals surface area contributed by atoms with Gasteiger partial charge in [-0.2, -0.15) is 0 Å². The van der Waals surface area contributed by atoms with Crippen molar-refractivity contribution in [2.24, 2.45) is 11.5 Å². The van der Waals surface area contributed by atoms with Gasteiger partial charge in [-0.25, -0.2) is 0 Å². The van der Waals surface area contributed by atoms with Gasteiger partial charge in [-0.05, 0) is 72.4 Å². The lowest BCUT2D eigenvalue weighted by Gasteiger charge is -2.10. The van der Waals surface area contributed by atoms with Crippen molar-refractivity contribution in [1.82, 2.24) is 0 Å². The molecule has 0 atom stereocenters. The second-order valence-electron chi connectivity index (χ2n) is 8.89. The van der Waals surface area contributed by atoms with E-state index in [1.54, 1.807) is 7.11 Å². The molecule has 238 valence electrons. The van der Waals surface area contributed by atoms with Crippen LogP contribution in [0.15, 0.2) is 97.1 Å². The van der Waals surface area contributed by atoms with E-state index in [4.69, 9.17) is 24.7 Å². The second-order valence-corrected chi connectivity index (χ2v) is 8.89. The highest BCUT2D eigenvalue weighted by molar-refractivity contribution is 5.76. The smallest absolute Gasteiger partial charge is 0.221 e. The number of primary amides is 2. The van der Waals surface area contributed by atoms with Crippen LogP contribution < -0.4 is 20.9 Å². The number of amides is 2. The maximum atomic E-state index is 10.7. The molecule has 0 saturated heterocycles. The molecule has 0 heterocycles. The summed E-state index contributed by atoms with van der Waals surface area (Å²) >= 11 is 0. The molecule has 4 rings (SSSR count). The van der Waals surface area contributed by atoms with E-state index < -0.39 is 0 Å². The van der Waals surface area contributed by atoms with Gasteiger partial charge >= 0.3 is 0 Å². The molecule has 0 aliphatic rings. The fourth-order valence-corrected chi connectivity index (χ4v) is 3.97. The average Bonchev–Trinajstić information content (AvgIpc) is 3.03. The summed E-state index contributed by atoms with van der Waals surface area (Å²) in [6.45, 7) is 13.3. The van der Waals surface area contributed by atoms with Crippen LogP contribution in [0.2, 0.25) is 0 Å². The van der Waals surface area contributed by atoms with Crippen molar-refractivity contribution in [3.05, 3.63) is 125 Å². The Morgan fingerprint density at radius 3 is 1.68 bits per heavy atom. The first kappa shape index (κ1) is 39.4. The topological polar surface area (TPSA) is 114 Å². The van der Waals surface area contributed by atoms with E-state index in [2.05, 4.69) is 30.0 Å². The minimum absolute atomic E-state index is 0.250. The summed E-state index contributed by atoms with van der Waals surface area (Å²) in [5.74, 6) is 2.27. The Kier molecular flexibility index (Phi) is 22.3. The van der Waals surface area contributed by atoms with E-state index in [0.717, 1.165) is 40.4 Å². The van der Waals surface area contributed by atoms with Crippen LogP contribution in [0.3, 0.4) is 0 Å². The number of carbonyl (C=O) groups is 2. The largest absolute Gasteiger partial charge is 0.496 e. The van der Waals surface area contributed by atoms with Gasteiger partial charge < -0.3 is 25.7 Å². The van der Waals surface area contributed by atoms with Gasteiger partial charge in [0.1, 0.15) is 17.2 Å². The van der Waals surface area contributed by atoms with Crippen LogP contribution in [0.4, 0.5) is 0 Å². The first-order valence-corrected chi connectivity index (χ1v) is 14.9. The van der Waals surface area contributed by atoms with E-state index in [1.807, 2.05) is 114 Å². The molecule has 0 saturated carbocycles. The van der Waals surface area contributed by atoms with Gasteiger partial charge in [0.15, 0.2) is 0 Å². The van der Waals surface area contributed by atoms with E-state index >= 15 is 0 Å². The number of benzene rings is 4. The molecule has 4 aromatic carbocycles. The number of hydrogen-bond acceptors (Lipinski definition) is 5. The molecule has 0 radical (unpaired) electrons. The van der Waals surface area contributed by atoms with Gasteiger partial charge in [0.2, 0.25) is 12.3 Å². The maximum absolute atomic E-state index is 10.7. The number of aryl methyl sites for hydroxylation is 2. The Bertz CT molecular complexity index is 1270. The van der Waals surface area contributed by atoms with Crippen molar-refractivity contribution in [3.8, 4) is 17.2 Å². The van der Waals surface area contributed by atoms with E-state index in [1.165, 1.54) is 11.1 Å². The van der Waals surface area contributed by atoms with Gasteiger partial charge in [-0.15, -0.1) is 0 Å². The summed E-state index contributed by atoms with van der Waals surface area (Å²) < 4.78 is 16.7. The van der Waals surface area contributed by atoms with Crippen LogP contribution in [0.25, 0.3) is 0 Å². The van der Waals surface area contributed by atoms with Crippen molar-refractivity contribution in [2.75, 3.05) is 13.7 Å². The van der Waals surface area contributed by atoms with Crippen LogP contribution in [0.1, 0.15) is 55.5 Å². The molecule has 2 amide bonds. The molecule has 7 heteroatoms. The molecule has 0 aliphatic carbocycles. The molecule has 0 aromatic heterocycles. The average molecular weight is 603 g/mol. The molecule has 44 heavy (non-hydrogen) atoms. The normalized spacial score (nSPS) is 9.16. The van der Waals surface area contributed by atoms with E-state index in [0.29, 0.717) is 13.2 Å². The maximum Gasteiger partial charge on any atom is 0.221 e. The number of ether oxygens (including phenoxy) is 3. The van der Waals surface area contributed by atoms with Gasteiger partial charge in [-0.1, -0.05) is 100 Å². The zero-order valence-corrected chi connectivity index (χ0v) is 27.3. The van der Waals surface area contributed by atoms with Crippen molar-refractivity contribution in [2.45, 2.75) is 61.0 Å². The number of methoxy groups -OCH3 is 1. The molecule has 4 aromatic rings. The van der Waals surface area contributed by atoms with Gasteiger partial charge in [0.05, 0.1) is 26.7 Å². The number of carbonyl (C=O) groups excluding carboxylic acids is 2. The first-order chi connectivity index (χ1) is 21.4. The SMILES string of the molecule is CC.CC.COc1c(C)cc(CC(N)=O)cc1C.NC=O.c1ccc(COCCc2ccc(Oc3ccccc3)cc2)cc1. The summed E-state index contributed by atoms with van der Waals surface area (Å²) in [7, 11) is 1.64. The third-order valence-electron chi connectivity index (χ3n) is 5.65. The van der Waals surface area contributed by atoms with Crippen LogP contribution in [0.5, 0.6) is 17.2 Å². The van der Waals surface area contributed by atoms with Crippen molar-refractivity contribution >= 4 is 12.3 Å². The Morgan fingerprint density at radius 2 is 1.20 bits per heavy atom. The minimum Gasteiger partial charge on any atom is -0.496 e. The second kappa shape index (κ2) is 24.9. The number of nitrogens with two attached hydrogens (primary N) is 2. The lowest BCUT2D eigenvalue weighted by Crippen LogP contribution is -2.13. The summed E-state index contributed by atoms with van der Waals surface area (Å²) in [4.78, 5) is 19.3. The fraction of sp³-hybridized carbons (Fsp3) is 0.297. The van der Waals surface area contributed by atoms with Crippen LogP contribution in [-0.4, -0.2) is 26.0 Å². The highest BCUT2D eigenvalue weighted by atomic mass is 16.5. The lowest BCUT2D eigenvalue weighted by molar-refractivity contribution is -0.117. The van der Waals surface area contributed by atoms with E-state index in [9.17, 15) is 4.79 Å². The zero-order chi connectivity index (χ0) is 33.2. The predicted molar refractivity (Wildman–Crippen MR) is 181 cm³/mol. The summed E-state index contributed by atoms with van der Waals surface area (Å²) in [5.41, 5.74) is 14.7. The molecule has 4 N–H and O–H groups in total. The molecule has 0 aliphatic heterocycles. The quantitative estimate of drug-likeness (QED) is 0.142. The predicted octanol–water partition coefficient (Wildman–Crippen LogP) is 7.73. The third kappa shape index (κ3) is 16.7. The molecule has 0 spiro atoms. The summed E-state index contributed by atoms with van der Waals surface area (Å²) in [5, 5.41) is 0. The Hall–Kier alpha value is -4.62. The Labute approximate surface area is 264 Å². The van der Waals surface area contributed by atoms with Gasteiger partial charge in [-0.3, -0.25) is 9.59 Å². The highest BCUT2D eigenvalue weighted by Gasteiger charge is 2.06. The van der Waals surface area contributed by atoms with Gasteiger partial charge in [0.25, 0.3) is 0 Å². The van der Waals surface area contributed by atoms with Crippen LogP contribution in [-0.2, 0) is 33.8 Å². The number of rotatable bonds is 10. The molecular formula is C37H50N2O5. The monoisotopic (exact) mass is 602 g/mol. The molecule has 0 unspecified atom stereocenters. The number of hydrogen-bond donors (Lipinski definition) is 2. The van der Waals surface area contributed by atoms with Crippen molar-refractivity contribution in [3.63, 3.8) is 0 Å². The Morgan fingerprint density at radius 1 is 0.727 bits per heavy atom. The van der Waals surface area contributed by atoms with E-state index in [-0.39, 0.29) is 18.7 Å². The van der Waals surface area contributed by atoms with Crippen molar-refractivity contribution < 1.29 is 23.8 Å². The van der Waals surface area contributed by atoms with Crippen LogP contribution >= 0.6 is 0 Å². The third-order valence-corrected chi connectivity index (χ3v) is 5.65. The first-order valence-electron chi connectivity index (χ1n) is 14.9. The molecule has 0 fully saturated rings. The molecule has 7 nitrogen and oxygen atoms in total. The standard InChI is InChI=1S/C21H20O2.C11H15NO2.2C2H6.CH3NO/c1-3-7-19(8-4-1)17-22-16-15-18-11-13-21(14-12-18)23-20-9-5-2-6-10-20;1-7-4-9(6-10(12)13)5-8(2)11(7)14-3;2*1-2;2-1-3/h1-14H,15-17H2;4-5H,6H2,1-3H3,(H2,12,13);2*1-2H3;1H,(H2,2,3). The van der Waals surface area contributed by atoms with Gasteiger partial charge in [0, 0.05) is 0 Å². The Balaban J connectivity index is 0.000000754. The highest BCUT2D eigenvalue weighted by Crippen LogP contribution is 2.24. The van der Waals surface area contributed by atoms with Crippen LogP contribution in [0, 0.1) is 13.8 Å². The molecule has 0 bridgehead atoms. The summed E-state index contributed by atoms with van der Waals surface area (Å²) in [6.07, 6.45) is 1.43. The number of para-hydroxylation sites is 1. The lowest BCUT2D eigenvalue weighted by atomic mass is 10.0. The molecular weight excluding hydrogens is 552 g/mol. The van der Waals surface area contributed by atoms with Crippen molar-refractivity contribution in [1.29, 1.82) is 0 Å². The minimum atomic E-state index is -0.311. The summed E-state index contributed by atoms with van der Waals surface area (Å²) in [6, 6.07) is 32.1. The zero-order valence-electron chi connectivity index (χ0n) is 27.3. The fourth-order valence-electron chi connectivity index (χ4n) is 3.97.